The van der Waals surface area contributed by atoms with Crippen LogP contribution in [0.3, 0.4) is 0 Å². The van der Waals surface area contributed by atoms with Crippen LogP contribution < -0.4 is 5.48 Å². The van der Waals surface area contributed by atoms with Gasteiger partial charge in [0.05, 0.1) is 6.61 Å². The van der Waals surface area contributed by atoms with Gasteiger partial charge in [0, 0.05) is 5.92 Å². The summed E-state index contributed by atoms with van der Waals surface area (Å²) in [5, 5.41) is 18.4. The molecule has 1 heterocycles. The number of nitro groups is 1. The minimum absolute atomic E-state index is 0.0674. The van der Waals surface area contributed by atoms with E-state index in [9.17, 15) is 14.5 Å². The molecule has 0 saturated carbocycles. The van der Waals surface area contributed by atoms with Gasteiger partial charge in [-0.25, -0.2) is 5.21 Å². The summed E-state index contributed by atoms with van der Waals surface area (Å²) in [7, 11) is 0. The van der Waals surface area contributed by atoms with Crippen molar-refractivity contribution in [1.82, 2.24) is 0 Å². The first kappa shape index (κ1) is 12.9. The molecule has 8 heteroatoms. The van der Waals surface area contributed by atoms with E-state index < -0.39 is 21.6 Å². The third-order valence-corrected chi connectivity index (χ3v) is 2.56. The average Bonchev–Trinajstić information content (AvgIpc) is 2.63. The summed E-state index contributed by atoms with van der Waals surface area (Å²) < 4.78 is 18.6. The maximum atomic E-state index is 13.5. The summed E-state index contributed by atoms with van der Waals surface area (Å²) in [6.45, 7) is 2.17. The molecular weight excluding hydrogens is 243 g/mol. The standard InChI is InChI=1S/C8H10ClFN2O4/c1-4-2-3-16-7(4)5(9)6(10)8(11-13)12(14)15/h4,11,13H,2-3H2,1H3/p+1/b7-5-,8-6-. The number of hydrogen-bond donors (Lipinski definition) is 2. The van der Waals surface area contributed by atoms with E-state index in [4.69, 9.17) is 21.5 Å². The SMILES string of the molecule is CC1CCO/C1=C(Cl)/C(F)=C(\[NH2+]O)[N+](=O)[O-]. The highest BCUT2D eigenvalue weighted by Gasteiger charge is 2.31. The highest BCUT2D eigenvalue weighted by Crippen LogP contribution is 2.33. The van der Waals surface area contributed by atoms with Crippen LogP contribution in [0.5, 0.6) is 0 Å². The Morgan fingerprint density at radius 1 is 1.81 bits per heavy atom. The van der Waals surface area contributed by atoms with E-state index in [1.165, 1.54) is 0 Å². The van der Waals surface area contributed by atoms with E-state index in [1.54, 1.807) is 6.92 Å². The minimum Gasteiger partial charge on any atom is -0.496 e. The highest BCUT2D eigenvalue weighted by atomic mass is 35.5. The number of quaternary nitrogens is 1. The first-order valence-electron chi connectivity index (χ1n) is 4.53. The molecule has 0 radical (unpaired) electrons. The molecule has 1 atom stereocenters. The molecule has 16 heavy (non-hydrogen) atoms. The van der Waals surface area contributed by atoms with E-state index in [2.05, 4.69) is 0 Å². The quantitative estimate of drug-likeness (QED) is 0.577. The van der Waals surface area contributed by atoms with Crippen molar-refractivity contribution >= 4 is 11.6 Å². The molecule has 1 rings (SSSR count). The summed E-state index contributed by atoms with van der Waals surface area (Å²) in [6, 6.07) is 0. The van der Waals surface area contributed by atoms with Crippen molar-refractivity contribution in [2.24, 2.45) is 5.92 Å². The molecule has 90 valence electrons. The monoisotopic (exact) mass is 253 g/mol. The van der Waals surface area contributed by atoms with Crippen molar-refractivity contribution in [3.63, 3.8) is 0 Å². The van der Waals surface area contributed by atoms with Crippen molar-refractivity contribution in [2.45, 2.75) is 13.3 Å². The molecule has 0 aliphatic carbocycles. The topological polar surface area (TPSA) is 89.2 Å². The maximum Gasteiger partial charge on any atom is 0.493 e. The van der Waals surface area contributed by atoms with E-state index in [-0.39, 0.29) is 17.2 Å². The Labute approximate surface area is 95.4 Å². The van der Waals surface area contributed by atoms with Gasteiger partial charge in [0.25, 0.3) is 5.83 Å². The largest absolute Gasteiger partial charge is 0.496 e. The van der Waals surface area contributed by atoms with Crippen LogP contribution >= 0.6 is 11.6 Å². The smallest absolute Gasteiger partial charge is 0.493 e. The van der Waals surface area contributed by atoms with Crippen LogP contribution in [0.25, 0.3) is 0 Å². The van der Waals surface area contributed by atoms with E-state index >= 15 is 0 Å². The summed E-state index contributed by atoms with van der Waals surface area (Å²) >= 11 is 5.64. The molecule has 0 amide bonds. The van der Waals surface area contributed by atoms with Crippen molar-refractivity contribution in [3.05, 3.63) is 32.6 Å². The third-order valence-electron chi connectivity index (χ3n) is 2.21. The molecule has 0 aromatic rings. The van der Waals surface area contributed by atoms with Crippen molar-refractivity contribution in [1.29, 1.82) is 0 Å². The fraction of sp³-hybridized carbons (Fsp3) is 0.500. The van der Waals surface area contributed by atoms with Gasteiger partial charge in [0.15, 0.2) is 0 Å². The van der Waals surface area contributed by atoms with Gasteiger partial charge >= 0.3 is 5.82 Å². The lowest BCUT2D eigenvalue weighted by molar-refractivity contribution is -0.905. The molecule has 0 bridgehead atoms. The summed E-state index contributed by atoms with van der Waals surface area (Å²) in [6.07, 6.45) is 0.676. The molecule has 1 fully saturated rings. The van der Waals surface area contributed by atoms with Crippen molar-refractivity contribution in [2.75, 3.05) is 6.61 Å². The van der Waals surface area contributed by atoms with E-state index in [0.29, 0.717) is 13.0 Å². The Morgan fingerprint density at radius 3 is 2.81 bits per heavy atom. The van der Waals surface area contributed by atoms with Gasteiger partial charge in [0.2, 0.25) is 0 Å². The van der Waals surface area contributed by atoms with Crippen LogP contribution in [0.4, 0.5) is 4.39 Å². The number of halogens is 2. The molecule has 0 aromatic carbocycles. The predicted octanol–water partition coefficient (Wildman–Crippen LogP) is 0.861. The average molecular weight is 254 g/mol. The molecule has 6 nitrogen and oxygen atoms in total. The number of ether oxygens (including phenoxy) is 1. The maximum absolute atomic E-state index is 13.5. The van der Waals surface area contributed by atoms with E-state index in [1.807, 2.05) is 0 Å². The van der Waals surface area contributed by atoms with Gasteiger partial charge in [-0.1, -0.05) is 18.5 Å². The molecule has 1 aliphatic heterocycles. The zero-order valence-corrected chi connectivity index (χ0v) is 9.20. The summed E-state index contributed by atoms with van der Waals surface area (Å²) in [5.74, 6) is -2.29. The number of allylic oxidation sites excluding steroid dienone is 3. The van der Waals surface area contributed by atoms with Gasteiger partial charge in [-0.15, -0.1) is 5.48 Å². The van der Waals surface area contributed by atoms with Crippen LogP contribution in [-0.2, 0) is 4.74 Å². The van der Waals surface area contributed by atoms with E-state index in [0.717, 1.165) is 0 Å². The van der Waals surface area contributed by atoms with Crippen LogP contribution in [0.15, 0.2) is 22.4 Å². The number of nitrogens with two attached hydrogens (primary N) is 1. The lowest BCUT2D eigenvalue weighted by Gasteiger charge is -2.05. The number of nitrogens with zero attached hydrogens (tertiary/aromatic N) is 1. The summed E-state index contributed by atoms with van der Waals surface area (Å²) in [5.41, 5.74) is 0.0674. The molecule has 1 saturated heterocycles. The second-order valence-corrected chi connectivity index (χ2v) is 3.68. The number of hydrogen-bond acceptors (Lipinski definition) is 4. The first-order valence-corrected chi connectivity index (χ1v) is 4.91. The Bertz CT molecular complexity index is 369. The van der Waals surface area contributed by atoms with Gasteiger partial charge in [-0.3, -0.25) is 10.1 Å². The van der Waals surface area contributed by atoms with Gasteiger partial charge in [-0.05, 0) is 6.42 Å². The van der Waals surface area contributed by atoms with Crippen molar-refractivity contribution < 1.29 is 24.7 Å². The fourth-order valence-electron chi connectivity index (χ4n) is 1.30. The van der Waals surface area contributed by atoms with Crippen molar-refractivity contribution in [3.8, 4) is 0 Å². The molecular formula is C8H11ClFN2O4+. The van der Waals surface area contributed by atoms with Crippen LogP contribution in [0.2, 0.25) is 0 Å². The van der Waals surface area contributed by atoms with Crippen LogP contribution in [0.1, 0.15) is 13.3 Å². The Kier molecular flexibility index (Phi) is 4.22. The molecule has 1 unspecified atom stereocenters. The Balaban J connectivity index is 3.13. The lowest BCUT2D eigenvalue weighted by Crippen LogP contribution is -2.80. The predicted molar refractivity (Wildman–Crippen MR) is 51.5 cm³/mol. The van der Waals surface area contributed by atoms with Gasteiger partial charge in [0.1, 0.15) is 15.7 Å². The molecule has 3 N–H and O–H groups in total. The molecule has 0 spiro atoms. The van der Waals surface area contributed by atoms with Crippen LogP contribution in [-0.4, -0.2) is 16.7 Å². The summed E-state index contributed by atoms with van der Waals surface area (Å²) in [4.78, 5) is 9.31. The first-order chi connectivity index (χ1) is 7.49. The second-order valence-electron chi connectivity index (χ2n) is 3.30. The number of hydroxylamine groups is 1. The van der Waals surface area contributed by atoms with Gasteiger partial charge in [-0.2, -0.15) is 4.39 Å². The number of rotatable bonds is 3. The zero-order valence-electron chi connectivity index (χ0n) is 8.44. The normalized spacial score (nSPS) is 24.9. The molecule has 0 aromatic heterocycles. The Morgan fingerprint density at radius 2 is 2.44 bits per heavy atom. The highest BCUT2D eigenvalue weighted by molar-refractivity contribution is 6.32. The second kappa shape index (κ2) is 5.24. The fourth-order valence-corrected chi connectivity index (χ4v) is 1.64. The van der Waals surface area contributed by atoms with Gasteiger partial charge < -0.3 is 4.74 Å². The Hall–Kier alpha value is -1.18. The third kappa shape index (κ3) is 2.49. The van der Waals surface area contributed by atoms with Crippen LogP contribution in [0, 0.1) is 16.0 Å². The lowest BCUT2D eigenvalue weighted by atomic mass is 10.1. The minimum atomic E-state index is -1.29. The zero-order chi connectivity index (χ0) is 12.3. The molecule has 1 aliphatic rings.